The van der Waals surface area contributed by atoms with Crippen LogP contribution in [0, 0.1) is 5.92 Å². The summed E-state index contributed by atoms with van der Waals surface area (Å²) in [5, 5.41) is 0. The molecular formula is C12H17BrO4S. The molecule has 4 nitrogen and oxygen atoms in total. The zero-order valence-corrected chi connectivity index (χ0v) is 12.8. The number of rotatable bonds is 7. The lowest BCUT2D eigenvalue weighted by atomic mass is 10.2. The fraction of sp³-hybridized carbons (Fsp3) is 0.500. The van der Waals surface area contributed by atoms with E-state index in [1.54, 1.807) is 38.5 Å². The maximum atomic E-state index is 12.2. The largest absolute Gasteiger partial charge is 0.384 e. The van der Waals surface area contributed by atoms with Gasteiger partial charge in [0.25, 0.3) is 0 Å². The Balaban J connectivity index is 2.82. The van der Waals surface area contributed by atoms with Crippen molar-refractivity contribution in [1.82, 2.24) is 0 Å². The molecule has 0 aliphatic carbocycles. The molecular weight excluding hydrogens is 320 g/mol. The summed E-state index contributed by atoms with van der Waals surface area (Å²) in [7, 11) is -0.200. The Bertz CT molecular complexity index is 449. The van der Waals surface area contributed by atoms with Crippen molar-refractivity contribution in [2.75, 3.05) is 33.2 Å². The molecule has 1 rings (SSSR count). The molecule has 0 aliphatic rings. The number of hydrogen-bond acceptors (Lipinski definition) is 4. The Hall–Kier alpha value is -0.430. The molecule has 18 heavy (non-hydrogen) atoms. The Labute approximate surface area is 116 Å². The van der Waals surface area contributed by atoms with Gasteiger partial charge in [-0.25, -0.2) is 8.42 Å². The van der Waals surface area contributed by atoms with Gasteiger partial charge >= 0.3 is 0 Å². The van der Waals surface area contributed by atoms with Gasteiger partial charge in [0.05, 0.1) is 23.9 Å². The molecule has 0 heterocycles. The van der Waals surface area contributed by atoms with Gasteiger partial charge in [0.15, 0.2) is 9.84 Å². The maximum absolute atomic E-state index is 12.2. The average molecular weight is 337 g/mol. The van der Waals surface area contributed by atoms with E-state index in [4.69, 9.17) is 9.47 Å². The molecule has 0 aliphatic heterocycles. The first-order chi connectivity index (χ1) is 8.49. The van der Waals surface area contributed by atoms with E-state index >= 15 is 0 Å². The topological polar surface area (TPSA) is 52.6 Å². The van der Waals surface area contributed by atoms with E-state index in [1.165, 1.54) is 0 Å². The van der Waals surface area contributed by atoms with Crippen molar-refractivity contribution in [2.45, 2.75) is 4.90 Å². The number of hydrogen-bond donors (Lipinski definition) is 0. The van der Waals surface area contributed by atoms with E-state index in [-0.39, 0.29) is 11.7 Å². The average Bonchev–Trinajstić information content (AvgIpc) is 2.29. The van der Waals surface area contributed by atoms with Crippen LogP contribution in [0.25, 0.3) is 0 Å². The zero-order valence-electron chi connectivity index (χ0n) is 10.4. The molecule has 0 unspecified atom stereocenters. The van der Waals surface area contributed by atoms with Gasteiger partial charge in [-0.05, 0) is 24.3 Å². The minimum atomic E-state index is -3.30. The van der Waals surface area contributed by atoms with Crippen LogP contribution in [-0.2, 0) is 19.3 Å². The van der Waals surface area contributed by atoms with Gasteiger partial charge in [0.2, 0.25) is 0 Å². The number of benzene rings is 1. The van der Waals surface area contributed by atoms with Crippen LogP contribution in [0.1, 0.15) is 0 Å². The minimum Gasteiger partial charge on any atom is -0.384 e. The lowest BCUT2D eigenvalue weighted by Crippen LogP contribution is -2.24. The number of methoxy groups -OCH3 is 2. The zero-order chi connectivity index (χ0) is 13.6. The highest BCUT2D eigenvalue weighted by Gasteiger charge is 2.21. The SMILES string of the molecule is COCC(COC)CS(=O)(=O)c1ccc(Br)cc1. The fourth-order valence-corrected chi connectivity index (χ4v) is 3.48. The van der Waals surface area contributed by atoms with Crippen molar-refractivity contribution in [2.24, 2.45) is 5.92 Å². The summed E-state index contributed by atoms with van der Waals surface area (Å²) < 4.78 is 35.2. The van der Waals surface area contributed by atoms with Crippen LogP contribution in [0.5, 0.6) is 0 Å². The molecule has 1 aromatic carbocycles. The van der Waals surface area contributed by atoms with Crippen molar-refractivity contribution < 1.29 is 17.9 Å². The summed E-state index contributed by atoms with van der Waals surface area (Å²) in [5.41, 5.74) is 0. The molecule has 0 saturated carbocycles. The van der Waals surface area contributed by atoms with E-state index in [2.05, 4.69) is 15.9 Å². The third kappa shape index (κ3) is 4.68. The maximum Gasteiger partial charge on any atom is 0.178 e. The van der Waals surface area contributed by atoms with Gasteiger partial charge in [-0.15, -0.1) is 0 Å². The van der Waals surface area contributed by atoms with Gasteiger partial charge in [-0.1, -0.05) is 15.9 Å². The third-order valence-electron chi connectivity index (χ3n) is 2.43. The lowest BCUT2D eigenvalue weighted by Gasteiger charge is -2.15. The van der Waals surface area contributed by atoms with Gasteiger partial charge in [-0.2, -0.15) is 0 Å². The van der Waals surface area contributed by atoms with Gasteiger partial charge in [-0.3, -0.25) is 0 Å². The molecule has 102 valence electrons. The molecule has 1 aromatic rings. The standard InChI is InChI=1S/C12H17BrO4S/c1-16-7-10(8-17-2)9-18(14,15)12-5-3-11(13)4-6-12/h3-6,10H,7-9H2,1-2H3. The normalized spacial score (nSPS) is 12.0. The van der Waals surface area contributed by atoms with E-state index in [0.717, 1.165) is 4.47 Å². The van der Waals surface area contributed by atoms with Crippen LogP contribution in [0.15, 0.2) is 33.6 Å². The van der Waals surface area contributed by atoms with Crippen LogP contribution < -0.4 is 0 Å². The first-order valence-corrected chi connectivity index (χ1v) is 7.90. The molecule has 0 spiro atoms. The Morgan fingerprint density at radius 2 is 1.61 bits per heavy atom. The molecule has 6 heteroatoms. The second kappa shape index (κ2) is 7.23. The summed E-state index contributed by atoms with van der Waals surface area (Å²) >= 11 is 3.28. The minimum absolute atomic E-state index is 0.0241. The van der Waals surface area contributed by atoms with Crippen molar-refractivity contribution in [3.8, 4) is 0 Å². The van der Waals surface area contributed by atoms with Crippen molar-refractivity contribution in [3.63, 3.8) is 0 Å². The van der Waals surface area contributed by atoms with Gasteiger partial charge < -0.3 is 9.47 Å². The predicted octanol–water partition coefficient (Wildman–Crippen LogP) is 2.13. The van der Waals surface area contributed by atoms with E-state index in [1.807, 2.05) is 0 Å². The van der Waals surface area contributed by atoms with Crippen molar-refractivity contribution in [1.29, 1.82) is 0 Å². The molecule has 0 atom stereocenters. The first-order valence-electron chi connectivity index (χ1n) is 5.46. The van der Waals surface area contributed by atoms with Crippen LogP contribution in [0.2, 0.25) is 0 Å². The van der Waals surface area contributed by atoms with Crippen LogP contribution in [-0.4, -0.2) is 41.6 Å². The van der Waals surface area contributed by atoms with Crippen LogP contribution in [0.3, 0.4) is 0 Å². The third-order valence-corrected chi connectivity index (χ3v) is 4.86. The van der Waals surface area contributed by atoms with Crippen LogP contribution >= 0.6 is 15.9 Å². The van der Waals surface area contributed by atoms with E-state index in [0.29, 0.717) is 18.1 Å². The molecule has 0 bridgehead atoms. The number of ether oxygens (including phenoxy) is 2. The highest BCUT2D eigenvalue weighted by molar-refractivity contribution is 9.10. The van der Waals surface area contributed by atoms with E-state index in [9.17, 15) is 8.42 Å². The monoisotopic (exact) mass is 336 g/mol. The Kier molecular flexibility index (Phi) is 6.28. The summed E-state index contributed by atoms with van der Waals surface area (Å²) in [4.78, 5) is 0.322. The van der Waals surface area contributed by atoms with E-state index < -0.39 is 9.84 Å². The number of halogens is 1. The smallest absolute Gasteiger partial charge is 0.178 e. The Morgan fingerprint density at radius 3 is 2.06 bits per heavy atom. The first kappa shape index (κ1) is 15.6. The second-order valence-corrected chi connectivity index (χ2v) is 6.96. The van der Waals surface area contributed by atoms with Crippen LogP contribution in [0.4, 0.5) is 0 Å². The fourth-order valence-electron chi connectivity index (χ4n) is 1.66. The molecule has 0 saturated heterocycles. The quantitative estimate of drug-likeness (QED) is 0.765. The molecule has 0 amide bonds. The summed E-state index contributed by atoms with van der Waals surface area (Å²) in [6, 6.07) is 6.62. The van der Waals surface area contributed by atoms with Crippen molar-refractivity contribution in [3.05, 3.63) is 28.7 Å². The molecule has 0 radical (unpaired) electrons. The second-order valence-electron chi connectivity index (χ2n) is 4.01. The molecule has 0 aromatic heterocycles. The highest BCUT2D eigenvalue weighted by atomic mass is 79.9. The molecule has 0 N–H and O–H groups in total. The highest BCUT2D eigenvalue weighted by Crippen LogP contribution is 2.18. The summed E-state index contributed by atoms with van der Waals surface area (Å²) in [6.07, 6.45) is 0. The lowest BCUT2D eigenvalue weighted by molar-refractivity contribution is 0.0945. The summed E-state index contributed by atoms with van der Waals surface area (Å²) in [6.45, 7) is 0.729. The number of sulfone groups is 1. The predicted molar refractivity (Wildman–Crippen MR) is 73.4 cm³/mol. The summed E-state index contributed by atoms with van der Waals surface area (Å²) in [5.74, 6) is -0.135. The van der Waals surface area contributed by atoms with Crippen molar-refractivity contribution >= 4 is 25.8 Å². The van der Waals surface area contributed by atoms with Gasteiger partial charge in [0, 0.05) is 24.6 Å². The molecule has 0 fully saturated rings. The van der Waals surface area contributed by atoms with Gasteiger partial charge in [0.1, 0.15) is 0 Å². The Morgan fingerprint density at radius 1 is 1.11 bits per heavy atom.